The molecule has 0 aliphatic rings. The molecule has 0 aliphatic carbocycles. The van der Waals surface area contributed by atoms with Crippen molar-refractivity contribution < 1.29 is 33.0 Å². The molecule has 2 amide bonds. The number of carbonyl (C=O) groups is 3. The molecule has 0 aliphatic heterocycles. The average molecular weight is 417 g/mol. The molecule has 0 heterocycles. The first-order valence-corrected chi connectivity index (χ1v) is 9.44. The highest BCUT2D eigenvalue weighted by Crippen LogP contribution is 2.25. The summed E-state index contributed by atoms with van der Waals surface area (Å²) in [6.07, 6.45) is -1.52. The number of benzene rings is 2. The lowest BCUT2D eigenvalue weighted by atomic mass is 10.1. The van der Waals surface area contributed by atoms with Gasteiger partial charge < -0.3 is 14.2 Å². The Kier molecular flexibility index (Phi) is 7.91. The van der Waals surface area contributed by atoms with Gasteiger partial charge in [0.1, 0.15) is 29.2 Å². The number of imide groups is 1. The Labute approximate surface area is 174 Å². The van der Waals surface area contributed by atoms with Gasteiger partial charge in [-0.3, -0.25) is 9.59 Å². The molecule has 160 valence electrons. The van der Waals surface area contributed by atoms with Crippen LogP contribution in [0.25, 0.3) is 0 Å². The molecule has 2 aromatic carbocycles. The molecule has 2 atom stereocenters. The van der Waals surface area contributed by atoms with Crippen LogP contribution in [0.5, 0.6) is 17.2 Å². The van der Waals surface area contributed by atoms with E-state index in [9.17, 15) is 18.8 Å². The number of hydrogen-bond donors (Lipinski definition) is 0. The molecule has 0 bridgehead atoms. The quantitative estimate of drug-likeness (QED) is 0.594. The Morgan fingerprint density at radius 2 is 1.43 bits per heavy atom. The van der Waals surface area contributed by atoms with Crippen LogP contribution in [0.4, 0.5) is 9.18 Å². The van der Waals surface area contributed by atoms with Gasteiger partial charge in [-0.2, -0.15) is 0 Å². The van der Waals surface area contributed by atoms with E-state index in [1.165, 1.54) is 24.3 Å². The summed E-state index contributed by atoms with van der Waals surface area (Å²) in [5.41, 5.74) is 0. The Hall–Kier alpha value is -3.42. The molecule has 0 saturated carbocycles. The fraction of sp³-hybridized carbons (Fsp3) is 0.318. The second-order valence-corrected chi connectivity index (χ2v) is 6.52. The Morgan fingerprint density at radius 3 is 1.93 bits per heavy atom. The summed E-state index contributed by atoms with van der Waals surface area (Å²) < 4.78 is 29.3. The third-order valence-electron chi connectivity index (χ3n) is 4.27. The molecule has 0 radical (unpaired) electrons. The number of amides is 2. The topological polar surface area (TPSA) is 82.1 Å². The van der Waals surface area contributed by atoms with Gasteiger partial charge in [-0.15, -0.1) is 0 Å². The molecule has 0 spiro atoms. The van der Waals surface area contributed by atoms with E-state index < -0.39 is 29.9 Å². The lowest BCUT2D eigenvalue weighted by Gasteiger charge is -2.30. The Morgan fingerprint density at radius 1 is 0.933 bits per heavy atom. The van der Waals surface area contributed by atoms with Crippen molar-refractivity contribution in [2.75, 3.05) is 6.61 Å². The minimum Gasteiger partial charge on any atom is -0.489 e. The summed E-state index contributed by atoms with van der Waals surface area (Å²) in [7, 11) is 0. The van der Waals surface area contributed by atoms with E-state index >= 15 is 0 Å². The number of nitrogens with zero attached hydrogens (tertiary/aromatic N) is 1. The van der Waals surface area contributed by atoms with Gasteiger partial charge in [-0.25, -0.2) is 14.1 Å². The van der Waals surface area contributed by atoms with E-state index in [2.05, 4.69) is 0 Å². The van der Waals surface area contributed by atoms with E-state index in [1.807, 2.05) is 0 Å². The molecular weight excluding hydrogens is 393 g/mol. The highest BCUT2D eigenvalue weighted by Gasteiger charge is 2.34. The largest absolute Gasteiger partial charge is 0.489 e. The van der Waals surface area contributed by atoms with E-state index in [0.29, 0.717) is 17.2 Å². The van der Waals surface area contributed by atoms with Crippen LogP contribution in [0.3, 0.4) is 0 Å². The first-order valence-electron chi connectivity index (χ1n) is 9.44. The van der Waals surface area contributed by atoms with Crippen molar-refractivity contribution in [2.24, 2.45) is 0 Å². The molecule has 0 aromatic heterocycles. The molecule has 2 rings (SSSR count). The first kappa shape index (κ1) is 22.9. The van der Waals surface area contributed by atoms with Gasteiger partial charge in [0.15, 0.2) is 0 Å². The molecular formula is C22H24FNO6. The third-order valence-corrected chi connectivity index (χ3v) is 4.27. The average Bonchev–Trinajstić information content (AvgIpc) is 2.71. The van der Waals surface area contributed by atoms with Crippen LogP contribution in [0, 0.1) is 5.82 Å². The van der Waals surface area contributed by atoms with Gasteiger partial charge in [-0.1, -0.05) is 0 Å². The minimum atomic E-state index is -0.959. The number of rotatable bonds is 8. The standard InChI is InChI=1S/C22H24FNO6/c1-5-28-22(27)24(21(26)15(3)25)14(2)16(4)29-18-10-12-20(13-11-18)30-19-8-6-17(23)7-9-19/h6-14,16H,5H2,1-4H3. The van der Waals surface area contributed by atoms with Crippen LogP contribution < -0.4 is 9.47 Å². The number of Topliss-reactive ketones (excluding diaryl/α,β-unsaturated/α-hetero) is 1. The minimum absolute atomic E-state index is 0.0675. The summed E-state index contributed by atoms with van der Waals surface area (Å²) in [5, 5.41) is 0. The predicted molar refractivity (Wildman–Crippen MR) is 107 cm³/mol. The SMILES string of the molecule is CCOC(=O)N(C(=O)C(C)=O)C(C)C(C)Oc1ccc(Oc2ccc(F)cc2)cc1. The third kappa shape index (κ3) is 6.04. The maximum absolute atomic E-state index is 13.0. The van der Waals surface area contributed by atoms with E-state index in [1.54, 1.807) is 45.0 Å². The molecule has 0 fully saturated rings. The molecule has 0 saturated heterocycles. The number of ether oxygens (including phenoxy) is 3. The van der Waals surface area contributed by atoms with Crippen LogP contribution in [0.15, 0.2) is 48.5 Å². The van der Waals surface area contributed by atoms with Crippen molar-refractivity contribution in [2.45, 2.75) is 39.8 Å². The van der Waals surface area contributed by atoms with Crippen molar-refractivity contribution in [3.63, 3.8) is 0 Å². The van der Waals surface area contributed by atoms with E-state index in [-0.39, 0.29) is 12.4 Å². The summed E-state index contributed by atoms with van der Waals surface area (Å²) in [4.78, 5) is 36.6. The van der Waals surface area contributed by atoms with Gasteiger partial charge in [-0.05, 0) is 69.3 Å². The first-order chi connectivity index (χ1) is 14.2. The Balaban J connectivity index is 2.06. The number of hydrogen-bond acceptors (Lipinski definition) is 6. The summed E-state index contributed by atoms with van der Waals surface area (Å²) in [6.45, 7) is 6.03. The maximum Gasteiger partial charge on any atom is 0.417 e. The normalized spacial score (nSPS) is 12.4. The molecule has 0 N–H and O–H groups in total. The van der Waals surface area contributed by atoms with Gasteiger partial charge in [0.05, 0.1) is 12.6 Å². The second kappa shape index (κ2) is 10.4. The van der Waals surface area contributed by atoms with Crippen LogP contribution in [-0.2, 0) is 14.3 Å². The van der Waals surface area contributed by atoms with Crippen LogP contribution in [0.2, 0.25) is 0 Å². The zero-order chi connectivity index (χ0) is 22.3. The van der Waals surface area contributed by atoms with Crippen molar-refractivity contribution >= 4 is 17.8 Å². The maximum atomic E-state index is 13.0. The van der Waals surface area contributed by atoms with Crippen molar-refractivity contribution in [1.29, 1.82) is 0 Å². The zero-order valence-electron chi connectivity index (χ0n) is 17.3. The predicted octanol–water partition coefficient (Wildman–Crippen LogP) is 4.35. The van der Waals surface area contributed by atoms with Crippen molar-refractivity contribution in [3.05, 3.63) is 54.3 Å². The zero-order valence-corrected chi connectivity index (χ0v) is 17.3. The molecule has 8 heteroatoms. The van der Waals surface area contributed by atoms with Crippen molar-refractivity contribution in [1.82, 2.24) is 4.90 Å². The number of carbonyl (C=O) groups excluding carboxylic acids is 3. The number of halogens is 1. The van der Waals surface area contributed by atoms with Gasteiger partial charge in [0, 0.05) is 6.92 Å². The fourth-order valence-corrected chi connectivity index (χ4v) is 2.54. The van der Waals surface area contributed by atoms with Crippen molar-refractivity contribution in [3.8, 4) is 17.2 Å². The van der Waals surface area contributed by atoms with Gasteiger partial charge in [0.2, 0.25) is 5.78 Å². The lowest BCUT2D eigenvalue weighted by molar-refractivity contribution is -0.144. The van der Waals surface area contributed by atoms with Crippen LogP contribution in [0.1, 0.15) is 27.7 Å². The van der Waals surface area contributed by atoms with Crippen LogP contribution in [-0.4, -0.2) is 41.4 Å². The fourth-order valence-electron chi connectivity index (χ4n) is 2.54. The van der Waals surface area contributed by atoms with Gasteiger partial charge in [0.25, 0.3) is 5.91 Å². The summed E-state index contributed by atoms with van der Waals surface area (Å²) in [5.74, 6) is -0.604. The highest BCUT2D eigenvalue weighted by molar-refractivity contribution is 6.37. The smallest absolute Gasteiger partial charge is 0.417 e. The highest BCUT2D eigenvalue weighted by atomic mass is 19.1. The molecule has 30 heavy (non-hydrogen) atoms. The van der Waals surface area contributed by atoms with Gasteiger partial charge >= 0.3 is 6.09 Å². The summed E-state index contributed by atoms with van der Waals surface area (Å²) in [6, 6.07) is 11.5. The molecule has 7 nitrogen and oxygen atoms in total. The van der Waals surface area contributed by atoms with E-state index in [0.717, 1.165) is 11.8 Å². The van der Waals surface area contributed by atoms with E-state index in [4.69, 9.17) is 14.2 Å². The Bertz CT molecular complexity index is 882. The van der Waals surface area contributed by atoms with Crippen LogP contribution >= 0.6 is 0 Å². The summed E-state index contributed by atoms with van der Waals surface area (Å²) >= 11 is 0. The monoisotopic (exact) mass is 417 g/mol. The second-order valence-electron chi connectivity index (χ2n) is 6.52. The molecule has 2 aromatic rings. The lowest BCUT2D eigenvalue weighted by Crippen LogP contribution is -2.51. The number of ketones is 1. The molecule has 2 unspecified atom stereocenters.